The Kier molecular flexibility index (Phi) is 8.97. The van der Waals surface area contributed by atoms with E-state index in [0.717, 1.165) is 0 Å². The summed E-state index contributed by atoms with van der Waals surface area (Å²) < 4.78 is -3.53. The molecule has 0 bridgehead atoms. The Morgan fingerprint density at radius 2 is 1.08 bits per heavy atom. The quantitative estimate of drug-likeness (QED) is 0.219. The lowest BCUT2D eigenvalue weighted by atomic mass is 10.4. The first-order valence-corrected chi connectivity index (χ1v) is 9.54. The SMILES string of the molecule is Nc1nc(Cl)c(Cl)c(C(Cl)(Cl)Cl)n1.Nc1nc(Cl)nc(C(Cl)(Cl)Cl)c1Cl. The molecule has 0 aliphatic rings. The molecular weight excluding hydrogens is 559 g/mol. The lowest BCUT2D eigenvalue weighted by Crippen LogP contribution is -2.09. The van der Waals surface area contributed by atoms with Crippen LogP contribution in [0.25, 0.3) is 0 Å². The summed E-state index contributed by atoms with van der Waals surface area (Å²) in [6.07, 6.45) is 0. The number of anilines is 2. The second kappa shape index (κ2) is 9.44. The van der Waals surface area contributed by atoms with Crippen LogP contribution >= 0.6 is 116 Å². The van der Waals surface area contributed by atoms with E-state index >= 15 is 0 Å². The topological polar surface area (TPSA) is 104 Å². The van der Waals surface area contributed by atoms with Crippen molar-refractivity contribution in [2.75, 3.05) is 11.5 Å². The Bertz CT molecular complexity index is 735. The van der Waals surface area contributed by atoms with E-state index in [-0.39, 0.29) is 43.6 Å². The molecule has 16 heteroatoms. The molecule has 0 radical (unpaired) electrons. The zero-order chi connectivity index (χ0) is 20.4. The Labute approximate surface area is 197 Å². The van der Waals surface area contributed by atoms with E-state index in [9.17, 15) is 0 Å². The van der Waals surface area contributed by atoms with Gasteiger partial charge in [-0.05, 0) is 11.6 Å². The number of halogens is 10. The summed E-state index contributed by atoms with van der Waals surface area (Å²) in [7, 11) is 0. The Hall–Kier alpha value is 0.660. The second-order valence-corrected chi connectivity index (χ2v) is 10.1. The molecule has 2 rings (SSSR count). The van der Waals surface area contributed by atoms with E-state index in [4.69, 9.17) is 127 Å². The van der Waals surface area contributed by atoms with Gasteiger partial charge < -0.3 is 11.5 Å². The van der Waals surface area contributed by atoms with Crippen molar-refractivity contribution in [1.82, 2.24) is 19.9 Å². The smallest absolute Gasteiger partial charge is 0.234 e. The van der Waals surface area contributed by atoms with Gasteiger partial charge in [-0.3, -0.25) is 0 Å². The normalized spacial score (nSPS) is 11.8. The van der Waals surface area contributed by atoms with Gasteiger partial charge in [-0.2, -0.15) is 9.97 Å². The molecule has 144 valence electrons. The zero-order valence-electron chi connectivity index (χ0n) is 11.7. The number of hydrogen-bond acceptors (Lipinski definition) is 6. The highest BCUT2D eigenvalue weighted by Crippen LogP contribution is 2.43. The molecule has 0 fully saturated rings. The van der Waals surface area contributed by atoms with Crippen LogP contribution in [-0.4, -0.2) is 19.9 Å². The fraction of sp³-hybridized carbons (Fsp3) is 0.200. The van der Waals surface area contributed by atoms with Gasteiger partial charge in [0.05, 0.1) is 0 Å². The van der Waals surface area contributed by atoms with Crippen LogP contribution in [0.5, 0.6) is 0 Å². The van der Waals surface area contributed by atoms with Gasteiger partial charge in [0, 0.05) is 0 Å². The summed E-state index contributed by atoms with van der Waals surface area (Å²) >= 11 is 55.7. The molecule has 0 saturated heterocycles. The third-order valence-corrected chi connectivity index (χ3v) is 4.56. The lowest BCUT2D eigenvalue weighted by molar-refractivity contribution is 1.04. The minimum absolute atomic E-state index is 0.00981. The summed E-state index contributed by atoms with van der Waals surface area (Å²) in [5.74, 6) is -0.126. The van der Waals surface area contributed by atoms with Crippen LogP contribution < -0.4 is 11.5 Å². The molecule has 2 aromatic rings. The third kappa shape index (κ3) is 6.92. The Balaban J connectivity index is 0.000000260. The maximum atomic E-state index is 5.69. The molecule has 6 nitrogen and oxygen atoms in total. The molecule has 0 aliphatic heterocycles. The molecule has 0 amide bonds. The minimum Gasteiger partial charge on any atom is -0.382 e. The molecule has 0 atom stereocenters. The van der Waals surface area contributed by atoms with Gasteiger partial charge in [-0.15, -0.1) is 0 Å². The van der Waals surface area contributed by atoms with Crippen molar-refractivity contribution in [2.24, 2.45) is 0 Å². The van der Waals surface area contributed by atoms with Crippen molar-refractivity contribution < 1.29 is 0 Å². The number of nitrogens with two attached hydrogens (primary N) is 2. The predicted molar refractivity (Wildman–Crippen MR) is 111 cm³/mol. The summed E-state index contributed by atoms with van der Waals surface area (Å²) in [5.41, 5.74) is 10.6. The maximum Gasteiger partial charge on any atom is 0.234 e. The number of aromatic nitrogens is 4. The fourth-order valence-electron chi connectivity index (χ4n) is 1.25. The van der Waals surface area contributed by atoms with Crippen molar-refractivity contribution in [3.05, 3.63) is 31.9 Å². The maximum absolute atomic E-state index is 5.69. The molecule has 4 N–H and O–H groups in total. The van der Waals surface area contributed by atoms with Crippen LogP contribution in [0.4, 0.5) is 11.8 Å². The van der Waals surface area contributed by atoms with E-state index in [2.05, 4.69) is 19.9 Å². The van der Waals surface area contributed by atoms with Crippen molar-refractivity contribution in [1.29, 1.82) is 0 Å². The van der Waals surface area contributed by atoms with Crippen molar-refractivity contribution in [3.8, 4) is 0 Å². The van der Waals surface area contributed by atoms with Gasteiger partial charge >= 0.3 is 0 Å². The largest absolute Gasteiger partial charge is 0.382 e. The lowest BCUT2D eigenvalue weighted by Gasteiger charge is -2.12. The van der Waals surface area contributed by atoms with E-state index < -0.39 is 7.59 Å². The van der Waals surface area contributed by atoms with Crippen LogP contribution in [0.3, 0.4) is 0 Å². The average Bonchev–Trinajstić information content (AvgIpc) is 2.45. The summed E-state index contributed by atoms with van der Waals surface area (Å²) in [4.78, 5) is 14.5. The Morgan fingerprint density at radius 1 is 0.615 bits per heavy atom. The van der Waals surface area contributed by atoms with Gasteiger partial charge in [-0.25, -0.2) is 9.97 Å². The van der Waals surface area contributed by atoms with Gasteiger partial charge in [0.2, 0.25) is 18.8 Å². The van der Waals surface area contributed by atoms with E-state index in [1.165, 1.54) is 0 Å². The highest BCUT2D eigenvalue weighted by Gasteiger charge is 2.30. The van der Waals surface area contributed by atoms with Crippen LogP contribution in [0.2, 0.25) is 20.5 Å². The highest BCUT2D eigenvalue weighted by atomic mass is 35.6. The first-order valence-electron chi connectivity index (χ1n) is 5.76. The van der Waals surface area contributed by atoms with Crippen LogP contribution in [-0.2, 0) is 7.59 Å². The number of nitrogens with zero attached hydrogens (tertiary/aromatic N) is 4. The summed E-state index contributed by atoms with van der Waals surface area (Å²) in [6.45, 7) is 0. The number of hydrogen-bond donors (Lipinski definition) is 2. The third-order valence-electron chi connectivity index (χ3n) is 2.21. The number of alkyl halides is 6. The second-order valence-electron chi connectivity index (χ2n) is 4.07. The summed E-state index contributed by atoms with van der Waals surface area (Å²) in [5, 5.41) is -0.195. The molecule has 2 heterocycles. The summed E-state index contributed by atoms with van der Waals surface area (Å²) in [6, 6.07) is 0. The predicted octanol–water partition coefficient (Wildman–Crippen LogP) is 6.38. The number of rotatable bonds is 0. The van der Waals surface area contributed by atoms with Crippen molar-refractivity contribution in [3.63, 3.8) is 0 Å². The molecule has 0 saturated carbocycles. The van der Waals surface area contributed by atoms with E-state index in [0.29, 0.717) is 0 Å². The first kappa shape index (κ1) is 24.7. The van der Waals surface area contributed by atoms with Crippen LogP contribution in [0.15, 0.2) is 0 Å². The monoisotopic (exact) mass is 558 g/mol. The Morgan fingerprint density at radius 3 is 1.54 bits per heavy atom. The highest BCUT2D eigenvalue weighted by molar-refractivity contribution is 6.67. The molecule has 0 aliphatic carbocycles. The van der Waals surface area contributed by atoms with Crippen LogP contribution in [0, 0.1) is 0 Å². The standard InChI is InChI=1S/2C5H2Cl5N3/c6-1-2(5(8,9)10)12-4(7)13-3(1)11;6-1-2(5(8,9)10)12-4(11)13-3(1)7/h2*(H2,11,12,13). The van der Waals surface area contributed by atoms with Crippen molar-refractivity contribution >= 4 is 128 Å². The first-order chi connectivity index (χ1) is 11.6. The van der Waals surface area contributed by atoms with Gasteiger partial charge in [0.15, 0.2) is 5.15 Å². The molecule has 0 aromatic carbocycles. The van der Waals surface area contributed by atoms with Crippen LogP contribution in [0.1, 0.15) is 11.4 Å². The minimum atomic E-state index is -1.77. The molecule has 0 unspecified atom stereocenters. The molecule has 0 spiro atoms. The average molecular weight is 563 g/mol. The number of nitrogen functional groups attached to an aromatic ring is 2. The van der Waals surface area contributed by atoms with Gasteiger partial charge in [0.1, 0.15) is 27.3 Å². The zero-order valence-corrected chi connectivity index (χ0v) is 19.3. The van der Waals surface area contributed by atoms with Crippen molar-refractivity contribution in [2.45, 2.75) is 7.59 Å². The molecule has 2 aromatic heterocycles. The molecular formula is C10H4Cl10N6. The molecule has 26 heavy (non-hydrogen) atoms. The van der Waals surface area contributed by atoms with E-state index in [1.54, 1.807) is 0 Å². The van der Waals surface area contributed by atoms with Gasteiger partial charge in [0.25, 0.3) is 0 Å². The van der Waals surface area contributed by atoms with Gasteiger partial charge in [-0.1, -0.05) is 104 Å². The van der Waals surface area contributed by atoms with E-state index in [1.807, 2.05) is 0 Å². The fourth-order valence-corrected chi connectivity index (χ4v) is 3.16.